The molecule has 1 heterocycles. The number of benzene rings is 1. The second-order valence-electron chi connectivity index (χ2n) is 8.12. The Morgan fingerprint density at radius 2 is 1.80 bits per heavy atom. The van der Waals surface area contributed by atoms with E-state index < -0.39 is 11.9 Å². The zero-order valence-electron chi connectivity index (χ0n) is 18.6. The number of esters is 1. The topological polar surface area (TPSA) is 81.7 Å². The van der Waals surface area contributed by atoms with Crippen LogP contribution in [0.3, 0.4) is 0 Å². The smallest absolute Gasteiger partial charge is 0.341 e. The third kappa shape index (κ3) is 5.48. The quantitative estimate of drug-likeness (QED) is 0.489. The van der Waals surface area contributed by atoms with Gasteiger partial charge in [-0.15, -0.1) is 11.3 Å². The summed E-state index contributed by atoms with van der Waals surface area (Å²) < 4.78 is 10.9. The number of rotatable bonds is 7. The summed E-state index contributed by atoms with van der Waals surface area (Å²) in [7, 11) is 0. The van der Waals surface area contributed by atoms with Gasteiger partial charge in [0.2, 0.25) is 0 Å². The predicted octanol–water partition coefficient (Wildman–Crippen LogP) is 5.06. The van der Waals surface area contributed by atoms with Crippen LogP contribution in [0.15, 0.2) is 18.2 Å². The van der Waals surface area contributed by atoms with Gasteiger partial charge in [0.1, 0.15) is 10.8 Å². The number of nitrogens with one attached hydrogen (secondary N) is 1. The maximum atomic E-state index is 12.6. The van der Waals surface area contributed by atoms with Gasteiger partial charge in [0.05, 0.1) is 17.0 Å². The molecule has 1 aromatic heterocycles. The number of thiophene rings is 1. The van der Waals surface area contributed by atoms with Crippen LogP contribution in [0.4, 0.5) is 5.00 Å². The lowest BCUT2D eigenvalue weighted by Gasteiger charge is -2.23. The zero-order chi connectivity index (χ0) is 22.6. The number of Topliss-reactive ketones (excluding diaryl/α,β-unsaturated/α-hetero) is 1. The van der Waals surface area contributed by atoms with Gasteiger partial charge < -0.3 is 14.8 Å². The van der Waals surface area contributed by atoms with Gasteiger partial charge in [-0.3, -0.25) is 9.59 Å². The Bertz CT molecular complexity index is 969. The van der Waals surface area contributed by atoms with E-state index in [0.29, 0.717) is 21.2 Å². The van der Waals surface area contributed by atoms with Gasteiger partial charge in [0, 0.05) is 0 Å². The van der Waals surface area contributed by atoms with Crippen LogP contribution in [0.5, 0.6) is 5.75 Å². The minimum atomic E-state index is -0.566. The van der Waals surface area contributed by atoms with Gasteiger partial charge in [-0.05, 0) is 55.9 Å². The van der Waals surface area contributed by atoms with Gasteiger partial charge in [0.25, 0.3) is 5.91 Å². The maximum Gasteiger partial charge on any atom is 0.341 e. The highest BCUT2D eigenvalue weighted by Crippen LogP contribution is 2.35. The minimum Gasteiger partial charge on any atom is -0.483 e. The van der Waals surface area contributed by atoms with E-state index in [1.54, 1.807) is 13.8 Å². The predicted molar refractivity (Wildman–Crippen MR) is 119 cm³/mol. The van der Waals surface area contributed by atoms with Crippen LogP contribution >= 0.6 is 11.3 Å². The third-order valence-corrected chi connectivity index (χ3v) is 5.81. The van der Waals surface area contributed by atoms with Crippen molar-refractivity contribution in [2.45, 2.75) is 53.9 Å². The van der Waals surface area contributed by atoms with E-state index in [0.717, 1.165) is 22.5 Å². The molecule has 0 spiro atoms. The second-order valence-corrected chi connectivity index (χ2v) is 9.14. The number of amides is 1. The molecule has 6 nitrogen and oxygen atoms in total. The molecule has 0 radical (unpaired) electrons. The molecule has 2 rings (SSSR count). The molecule has 0 fully saturated rings. The van der Waals surface area contributed by atoms with Gasteiger partial charge in [-0.25, -0.2) is 4.79 Å². The Morgan fingerprint density at radius 1 is 1.13 bits per heavy atom. The van der Waals surface area contributed by atoms with E-state index in [1.165, 1.54) is 6.92 Å². The molecular weight excluding hydrogens is 402 g/mol. The molecule has 0 saturated heterocycles. The highest BCUT2D eigenvalue weighted by atomic mass is 32.1. The standard InChI is InChI=1S/C23H29NO5S/c1-8-28-22(27)19-14(3)20(15(4)25)30-21(19)24-18(26)12-29-17-11-13(2)9-10-16(17)23(5,6)7/h9-11H,8,12H2,1-7H3,(H,24,26). The lowest BCUT2D eigenvalue weighted by atomic mass is 9.86. The highest BCUT2D eigenvalue weighted by Gasteiger charge is 2.25. The van der Waals surface area contributed by atoms with Crippen molar-refractivity contribution >= 4 is 34.0 Å². The number of ether oxygens (including phenoxy) is 2. The van der Waals surface area contributed by atoms with E-state index in [9.17, 15) is 14.4 Å². The van der Waals surface area contributed by atoms with E-state index in [2.05, 4.69) is 26.1 Å². The fraction of sp³-hybridized carbons (Fsp3) is 0.435. The molecule has 0 aliphatic carbocycles. The fourth-order valence-electron chi connectivity index (χ4n) is 3.06. The summed E-state index contributed by atoms with van der Waals surface area (Å²) in [5.41, 5.74) is 2.61. The molecule has 0 unspecified atom stereocenters. The number of anilines is 1. The summed E-state index contributed by atoms with van der Waals surface area (Å²) in [6.45, 7) is 13.0. The first-order valence-electron chi connectivity index (χ1n) is 9.80. The van der Waals surface area contributed by atoms with Crippen LogP contribution in [-0.4, -0.2) is 30.9 Å². The molecule has 162 valence electrons. The van der Waals surface area contributed by atoms with Gasteiger partial charge >= 0.3 is 5.97 Å². The molecule has 0 aliphatic rings. The van der Waals surface area contributed by atoms with Crippen molar-refractivity contribution in [2.24, 2.45) is 0 Å². The Morgan fingerprint density at radius 3 is 2.37 bits per heavy atom. The largest absolute Gasteiger partial charge is 0.483 e. The number of ketones is 1. The van der Waals surface area contributed by atoms with Crippen LogP contribution in [0.2, 0.25) is 0 Å². The summed E-state index contributed by atoms with van der Waals surface area (Å²) >= 11 is 1.07. The molecule has 30 heavy (non-hydrogen) atoms. The van der Waals surface area contributed by atoms with Crippen molar-refractivity contribution in [3.63, 3.8) is 0 Å². The molecule has 1 N–H and O–H groups in total. The maximum absolute atomic E-state index is 12.6. The second kappa shape index (κ2) is 9.43. The molecule has 0 bridgehead atoms. The van der Waals surface area contributed by atoms with Crippen molar-refractivity contribution < 1.29 is 23.9 Å². The zero-order valence-corrected chi connectivity index (χ0v) is 19.4. The van der Waals surface area contributed by atoms with Crippen molar-refractivity contribution in [3.05, 3.63) is 45.3 Å². The van der Waals surface area contributed by atoms with Crippen LogP contribution in [0, 0.1) is 13.8 Å². The normalized spacial score (nSPS) is 11.2. The molecule has 2 aromatic rings. The Balaban J connectivity index is 2.24. The molecule has 7 heteroatoms. The van der Waals surface area contributed by atoms with Gasteiger partial charge in [-0.1, -0.05) is 32.9 Å². The van der Waals surface area contributed by atoms with Crippen LogP contribution < -0.4 is 10.1 Å². The van der Waals surface area contributed by atoms with Gasteiger partial charge in [-0.2, -0.15) is 0 Å². The monoisotopic (exact) mass is 431 g/mol. The van der Waals surface area contributed by atoms with Crippen molar-refractivity contribution in [3.8, 4) is 5.75 Å². The van der Waals surface area contributed by atoms with Crippen molar-refractivity contribution in [2.75, 3.05) is 18.5 Å². The number of carbonyl (C=O) groups is 3. The number of hydrogen-bond acceptors (Lipinski definition) is 6. The van der Waals surface area contributed by atoms with Crippen LogP contribution in [0.25, 0.3) is 0 Å². The SMILES string of the molecule is CCOC(=O)c1c(NC(=O)COc2cc(C)ccc2C(C)(C)C)sc(C(C)=O)c1C. The molecule has 1 amide bonds. The summed E-state index contributed by atoms with van der Waals surface area (Å²) in [6.07, 6.45) is 0. The summed E-state index contributed by atoms with van der Waals surface area (Å²) in [4.78, 5) is 37.3. The Labute approximate surface area is 181 Å². The first-order chi connectivity index (χ1) is 14.0. The number of aryl methyl sites for hydroxylation is 1. The lowest BCUT2D eigenvalue weighted by molar-refractivity contribution is -0.118. The molecular formula is C23H29NO5S. The Hall–Kier alpha value is -2.67. The molecule has 0 saturated carbocycles. The first-order valence-corrected chi connectivity index (χ1v) is 10.6. The van der Waals surface area contributed by atoms with E-state index in [1.807, 2.05) is 25.1 Å². The average Bonchev–Trinajstić information content (AvgIpc) is 2.95. The molecule has 1 aromatic carbocycles. The third-order valence-electron chi connectivity index (χ3n) is 4.50. The van der Waals surface area contributed by atoms with Crippen LogP contribution in [-0.2, 0) is 14.9 Å². The molecule has 0 atom stereocenters. The number of hydrogen-bond donors (Lipinski definition) is 1. The summed E-state index contributed by atoms with van der Waals surface area (Å²) in [6, 6.07) is 5.92. The number of carbonyl (C=O) groups excluding carboxylic acids is 3. The highest BCUT2D eigenvalue weighted by molar-refractivity contribution is 7.18. The van der Waals surface area contributed by atoms with E-state index in [-0.39, 0.29) is 30.0 Å². The van der Waals surface area contributed by atoms with Crippen molar-refractivity contribution in [1.29, 1.82) is 0 Å². The molecule has 0 aliphatic heterocycles. The van der Waals surface area contributed by atoms with Crippen molar-refractivity contribution in [1.82, 2.24) is 0 Å². The Kier molecular flexibility index (Phi) is 7.42. The first kappa shape index (κ1) is 23.6. The van der Waals surface area contributed by atoms with E-state index >= 15 is 0 Å². The summed E-state index contributed by atoms with van der Waals surface area (Å²) in [5.74, 6) is -0.508. The van der Waals surface area contributed by atoms with E-state index in [4.69, 9.17) is 9.47 Å². The minimum absolute atomic E-state index is 0.141. The fourth-order valence-corrected chi connectivity index (χ4v) is 4.17. The van der Waals surface area contributed by atoms with Crippen LogP contribution in [0.1, 0.15) is 71.3 Å². The summed E-state index contributed by atoms with van der Waals surface area (Å²) in [5, 5.41) is 3.01. The average molecular weight is 432 g/mol. The lowest BCUT2D eigenvalue weighted by Crippen LogP contribution is -2.22. The van der Waals surface area contributed by atoms with Gasteiger partial charge in [0.15, 0.2) is 12.4 Å².